The van der Waals surface area contributed by atoms with E-state index in [4.69, 9.17) is 0 Å². The maximum Gasteiger partial charge on any atom is 0.0725 e. The van der Waals surface area contributed by atoms with Gasteiger partial charge in [0.05, 0.1) is 10.8 Å². The largest absolute Gasteiger partial charge is 0.0725 e. The molecule has 0 unspecified atom stereocenters. The van der Waals surface area contributed by atoms with Crippen molar-refractivity contribution in [3.05, 3.63) is 563 Å². The van der Waals surface area contributed by atoms with Crippen LogP contribution < -0.4 is 0 Å². The van der Waals surface area contributed by atoms with E-state index in [0.29, 0.717) is 0 Å². The van der Waals surface area contributed by atoms with Crippen LogP contribution in [0.3, 0.4) is 0 Å². The van der Waals surface area contributed by atoms with Gasteiger partial charge in [-0.1, -0.05) is 478 Å². The van der Waals surface area contributed by atoms with Gasteiger partial charge in [-0.05, 0) is 318 Å². The number of aryl methyl sites for hydroxylation is 7. The zero-order valence-corrected chi connectivity index (χ0v) is 78.1. The minimum Gasteiger partial charge on any atom is -0.0622 e. The number of hydrogen-bond acceptors (Lipinski definition) is 0. The maximum atomic E-state index is 2.40. The van der Waals surface area contributed by atoms with Gasteiger partial charge < -0.3 is 0 Å². The monoisotopic (exact) mass is 1740 g/mol. The smallest absolute Gasteiger partial charge is 0.0622 e. The summed E-state index contributed by atoms with van der Waals surface area (Å²) < 4.78 is 0. The van der Waals surface area contributed by atoms with Crippen molar-refractivity contribution in [2.24, 2.45) is 0 Å². The molecule has 0 heterocycles. The molecule has 0 aliphatic heterocycles. The van der Waals surface area contributed by atoms with Gasteiger partial charge >= 0.3 is 0 Å². The molecular weight excluding hydrogens is 1650 g/mol. The Morgan fingerprint density at radius 2 is 0.431 bits per heavy atom. The molecule has 26 aromatic carbocycles. The van der Waals surface area contributed by atoms with Gasteiger partial charge in [0, 0.05) is 0 Å². The third-order valence-electron chi connectivity index (χ3n) is 29.8. The lowest BCUT2D eigenvalue weighted by molar-refractivity contribution is 0.792. The number of fused-ring (bicyclic) bond motifs is 26. The third kappa shape index (κ3) is 13.9. The fourth-order valence-electron chi connectivity index (χ4n) is 23.8. The van der Waals surface area contributed by atoms with Gasteiger partial charge in [-0.2, -0.15) is 0 Å². The van der Waals surface area contributed by atoms with Crippen molar-refractivity contribution >= 4 is 129 Å². The number of benzene rings is 26. The third-order valence-corrected chi connectivity index (χ3v) is 29.8. The molecule has 0 radical (unpaired) electrons. The highest BCUT2D eigenvalue weighted by molar-refractivity contribution is 6.25. The van der Waals surface area contributed by atoms with Gasteiger partial charge in [0.2, 0.25) is 0 Å². The summed E-state index contributed by atoms with van der Waals surface area (Å²) in [6.07, 6.45) is 0. The van der Waals surface area contributed by atoms with Crippen LogP contribution in [0.25, 0.3) is 185 Å². The average Bonchev–Trinajstić information content (AvgIpc) is 1.51. The fraction of sp³-hybridized carbons (Fsp3) is 0.0657. The Kier molecular flexibility index (Phi) is 20.8. The minimum absolute atomic E-state index is 0.188. The second-order valence-electron chi connectivity index (χ2n) is 37.9. The van der Waals surface area contributed by atoms with Crippen molar-refractivity contribution in [1.82, 2.24) is 0 Å². The molecule has 648 valence electrons. The molecule has 2 spiro atoms. The first kappa shape index (κ1) is 83.4. The first-order valence-corrected chi connectivity index (χ1v) is 48.2. The molecule has 0 heteroatoms. The Balaban J connectivity index is 0.0000000882. The zero-order chi connectivity index (χ0) is 92.2. The van der Waals surface area contributed by atoms with Crippen molar-refractivity contribution in [2.45, 2.75) is 59.3 Å². The van der Waals surface area contributed by atoms with Gasteiger partial charge in [0.25, 0.3) is 0 Å². The Morgan fingerprint density at radius 3 is 0.927 bits per heavy atom. The molecule has 137 heavy (non-hydrogen) atoms. The van der Waals surface area contributed by atoms with E-state index in [1.165, 1.54) is 268 Å². The zero-order valence-electron chi connectivity index (χ0n) is 78.1. The van der Waals surface area contributed by atoms with Gasteiger partial charge in [0.15, 0.2) is 0 Å². The molecule has 30 rings (SSSR count). The summed E-state index contributed by atoms with van der Waals surface area (Å²) >= 11 is 0. The van der Waals surface area contributed by atoms with Crippen molar-refractivity contribution in [2.75, 3.05) is 0 Å². The van der Waals surface area contributed by atoms with Gasteiger partial charge in [-0.3, -0.25) is 0 Å². The van der Waals surface area contributed by atoms with Crippen LogP contribution in [0.1, 0.15) is 83.5 Å². The van der Waals surface area contributed by atoms with E-state index in [1.807, 2.05) is 0 Å². The molecular formula is C137H100. The molecule has 0 amide bonds. The Hall–Kier alpha value is -16.6. The van der Waals surface area contributed by atoms with E-state index in [2.05, 4.69) is 528 Å². The number of rotatable bonds is 1. The standard InChI is InChI=1S/2C26H18.C21H16.2C17H12.2C15H12/c1-17-14-15-25-21(16-17)20-10-4-7-13-24(20)26(25)22-11-5-2-8-18(22)19-9-3-6-12-23(19)26;1-17-14-15-21-20-10-4-7-13-24(20)26(25(21)16-17)22-11-5-2-8-18(22)19-9-3-6-12-23(19)26;1-15-17-11-5-7-13-19(17)21(16-9-3-2-4-10-16)20-14-8-6-12-18(15)20;1-11-9-14-7-5-12-3-2-4-13-6-8-15(10-11)17(14)16(12)13;1-11-5-6-14-8-7-12-3-2-4-13-9-10-15(11)17(14)16(12)13;1-11-14-8-4-2-6-12(14)10-13-7-3-5-9-15(11)13;1-11-6-7-14-9-12-4-2-3-5-13(12)10-15(14)8-11/h2*2-16H,1H3;2-14H,1H3;2*2-10H,1H3;2*2-10H,1H3. The summed E-state index contributed by atoms with van der Waals surface area (Å²) in [5.74, 6) is 0. The topological polar surface area (TPSA) is 0 Å². The van der Waals surface area contributed by atoms with E-state index in [-0.39, 0.29) is 10.8 Å². The van der Waals surface area contributed by atoms with Crippen molar-refractivity contribution in [3.63, 3.8) is 0 Å². The van der Waals surface area contributed by atoms with Crippen molar-refractivity contribution in [1.29, 1.82) is 0 Å². The highest BCUT2D eigenvalue weighted by Gasteiger charge is 2.53. The predicted octanol–water partition coefficient (Wildman–Crippen LogP) is 37.0. The Morgan fingerprint density at radius 1 is 0.139 bits per heavy atom. The maximum absolute atomic E-state index is 2.40. The summed E-state index contributed by atoms with van der Waals surface area (Å²) in [5, 5.41) is 32.4. The van der Waals surface area contributed by atoms with Crippen LogP contribution in [0, 0.1) is 48.5 Å². The van der Waals surface area contributed by atoms with Crippen molar-refractivity contribution in [3.8, 4) is 55.6 Å². The van der Waals surface area contributed by atoms with Gasteiger partial charge in [0.1, 0.15) is 0 Å². The summed E-state index contributed by atoms with van der Waals surface area (Å²) in [7, 11) is 0. The lowest BCUT2D eigenvalue weighted by Crippen LogP contribution is -2.25. The SMILES string of the molecule is Cc1c2ccccc2c(-c2ccccc2)c2ccccc12.Cc1c2ccccc2cc2ccccc12.Cc1cc2ccc3cccc4ccc(c1)c2c34.Cc1ccc2c(c1)-c1ccccc1C21c2ccccc2-c2ccccc21.Cc1ccc2c(c1)C1(c3ccccc3-c3ccccc31)c1ccccc1-2.Cc1ccc2cc3ccccc3cc2c1.Cc1ccc2ccc3cccc4ccc1c2c34. The highest BCUT2D eigenvalue weighted by Crippen LogP contribution is 2.65. The van der Waals surface area contributed by atoms with Crippen LogP contribution in [0.15, 0.2) is 479 Å². The lowest BCUT2D eigenvalue weighted by Gasteiger charge is -2.30. The molecule has 0 saturated carbocycles. The normalized spacial score (nSPS) is 12.6. The predicted molar refractivity (Wildman–Crippen MR) is 589 cm³/mol. The molecule has 4 aliphatic rings. The van der Waals surface area contributed by atoms with Gasteiger partial charge in [-0.15, -0.1) is 0 Å². The van der Waals surface area contributed by atoms with E-state index in [1.54, 1.807) is 0 Å². The summed E-state index contributed by atoms with van der Waals surface area (Å²) in [6, 6.07) is 175. The molecule has 0 bridgehead atoms. The van der Waals surface area contributed by atoms with Crippen LogP contribution in [-0.4, -0.2) is 0 Å². The molecule has 0 N–H and O–H groups in total. The quantitative estimate of drug-likeness (QED) is 0.114. The number of hydrogen-bond donors (Lipinski definition) is 0. The second-order valence-corrected chi connectivity index (χ2v) is 37.9. The highest BCUT2D eigenvalue weighted by atomic mass is 14.5. The fourth-order valence-corrected chi connectivity index (χ4v) is 23.8. The lowest BCUT2D eigenvalue weighted by atomic mass is 9.70. The van der Waals surface area contributed by atoms with Crippen LogP contribution in [0.2, 0.25) is 0 Å². The van der Waals surface area contributed by atoms with Crippen LogP contribution in [-0.2, 0) is 10.8 Å². The van der Waals surface area contributed by atoms with Crippen LogP contribution in [0.4, 0.5) is 0 Å². The van der Waals surface area contributed by atoms with E-state index in [0.717, 1.165) is 0 Å². The molecule has 0 nitrogen and oxygen atoms in total. The minimum atomic E-state index is -0.189. The molecule has 4 aliphatic carbocycles. The molecule has 0 saturated heterocycles. The summed E-state index contributed by atoms with van der Waals surface area (Å²) in [4.78, 5) is 0. The Bertz CT molecular complexity index is 8960. The van der Waals surface area contributed by atoms with Crippen LogP contribution >= 0.6 is 0 Å². The average molecular weight is 1750 g/mol. The van der Waals surface area contributed by atoms with E-state index in [9.17, 15) is 0 Å². The molecule has 0 atom stereocenters. The summed E-state index contributed by atoms with van der Waals surface area (Å²) in [6.45, 7) is 15.3. The van der Waals surface area contributed by atoms with Gasteiger partial charge in [-0.25, -0.2) is 0 Å². The van der Waals surface area contributed by atoms with Crippen molar-refractivity contribution < 1.29 is 0 Å². The molecule has 0 fully saturated rings. The molecule has 26 aromatic rings. The van der Waals surface area contributed by atoms with E-state index >= 15 is 0 Å². The van der Waals surface area contributed by atoms with E-state index < -0.39 is 0 Å². The first-order chi connectivity index (χ1) is 67.3. The molecule has 0 aromatic heterocycles. The first-order valence-electron chi connectivity index (χ1n) is 48.2. The second kappa shape index (κ2) is 34.1. The Labute approximate surface area is 801 Å². The van der Waals surface area contributed by atoms with Crippen LogP contribution in [0.5, 0.6) is 0 Å². The summed E-state index contributed by atoms with van der Waals surface area (Å²) in [5.41, 5.74) is 33.9.